The number of hydrogen-bond acceptors (Lipinski definition) is 3. The Kier molecular flexibility index (Phi) is 3.14. The van der Waals surface area contributed by atoms with E-state index in [9.17, 15) is 21.6 Å². The first-order chi connectivity index (χ1) is 5.20. The first-order valence-corrected chi connectivity index (χ1v) is 4.25. The van der Waals surface area contributed by atoms with Gasteiger partial charge in [-0.2, -0.15) is 21.6 Å². The summed E-state index contributed by atoms with van der Waals surface area (Å²) in [5.41, 5.74) is -5.36. The van der Waals surface area contributed by atoms with Gasteiger partial charge in [0.25, 0.3) is 0 Å². The van der Waals surface area contributed by atoms with E-state index < -0.39 is 15.6 Å². The van der Waals surface area contributed by atoms with Gasteiger partial charge in [0.1, 0.15) is 5.76 Å². The SMILES string of the molecule is C/C=C(/C)OS(=O)(=O)C(F)(F)F. The van der Waals surface area contributed by atoms with Crippen LogP contribution in [0.25, 0.3) is 0 Å². The van der Waals surface area contributed by atoms with Crippen LogP contribution in [0.2, 0.25) is 0 Å². The average Bonchev–Trinajstić information content (AvgIpc) is 1.84. The second kappa shape index (κ2) is 3.34. The van der Waals surface area contributed by atoms with E-state index in [0.717, 1.165) is 13.0 Å². The van der Waals surface area contributed by atoms with Crippen molar-refractivity contribution in [3.8, 4) is 0 Å². The molecule has 0 unspecified atom stereocenters. The van der Waals surface area contributed by atoms with Crippen LogP contribution in [0.15, 0.2) is 11.8 Å². The van der Waals surface area contributed by atoms with E-state index in [4.69, 9.17) is 0 Å². The Morgan fingerprint density at radius 2 is 1.83 bits per heavy atom. The maximum absolute atomic E-state index is 11.6. The van der Waals surface area contributed by atoms with Gasteiger partial charge < -0.3 is 4.18 Å². The van der Waals surface area contributed by atoms with Gasteiger partial charge >= 0.3 is 15.6 Å². The maximum Gasteiger partial charge on any atom is 0.534 e. The molecule has 0 aliphatic heterocycles. The molecule has 0 aliphatic carbocycles. The highest BCUT2D eigenvalue weighted by atomic mass is 32.2. The van der Waals surface area contributed by atoms with Crippen molar-refractivity contribution >= 4 is 10.1 Å². The lowest BCUT2D eigenvalue weighted by molar-refractivity contribution is -0.0521. The van der Waals surface area contributed by atoms with Gasteiger partial charge in [0.2, 0.25) is 0 Å². The Labute approximate surface area is 68.0 Å². The van der Waals surface area contributed by atoms with Gasteiger partial charge in [0.05, 0.1) is 0 Å². The molecular weight excluding hydrogens is 197 g/mol. The summed E-state index contributed by atoms with van der Waals surface area (Å²) in [6, 6.07) is 0. The molecule has 0 amide bonds. The predicted octanol–water partition coefficient (Wildman–Crippen LogP) is 1.78. The molecule has 0 aromatic heterocycles. The van der Waals surface area contributed by atoms with Gasteiger partial charge in [-0.15, -0.1) is 0 Å². The second-order valence-corrected chi connectivity index (χ2v) is 3.42. The second-order valence-electron chi connectivity index (χ2n) is 1.88. The van der Waals surface area contributed by atoms with Crippen molar-refractivity contribution < 1.29 is 25.8 Å². The first-order valence-electron chi connectivity index (χ1n) is 2.84. The quantitative estimate of drug-likeness (QED) is 0.391. The molecule has 0 rings (SSSR count). The Morgan fingerprint density at radius 1 is 1.42 bits per heavy atom. The maximum atomic E-state index is 11.6. The largest absolute Gasteiger partial charge is 0.534 e. The molecule has 0 saturated carbocycles. The van der Waals surface area contributed by atoms with Crippen molar-refractivity contribution in [2.24, 2.45) is 0 Å². The molecule has 0 aromatic rings. The molecule has 12 heavy (non-hydrogen) atoms. The number of allylic oxidation sites excluding steroid dienone is 2. The number of halogens is 3. The van der Waals surface area contributed by atoms with Gasteiger partial charge in [0, 0.05) is 0 Å². The van der Waals surface area contributed by atoms with Crippen molar-refractivity contribution in [3.05, 3.63) is 11.8 Å². The van der Waals surface area contributed by atoms with E-state index in [1.165, 1.54) is 6.92 Å². The fourth-order valence-corrected chi connectivity index (χ4v) is 0.805. The van der Waals surface area contributed by atoms with E-state index in [-0.39, 0.29) is 5.76 Å². The Hall–Kier alpha value is -0.720. The molecule has 72 valence electrons. The summed E-state index contributed by atoms with van der Waals surface area (Å²) in [6.45, 7) is 2.48. The van der Waals surface area contributed by atoms with Crippen LogP contribution < -0.4 is 0 Å². The van der Waals surface area contributed by atoms with E-state index in [0.29, 0.717) is 0 Å². The molecular formula is C5H7F3O3S. The Balaban J connectivity index is 4.70. The molecule has 0 fully saturated rings. The highest BCUT2D eigenvalue weighted by Gasteiger charge is 2.48. The minimum atomic E-state index is -5.48. The number of hydrogen-bond donors (Lipinski definition) is 0. The number of rotatable bonds is 2. The molecule has 0 N–H and O–H groups in total. The third kappa shape index (κ3) is 2.72. The lowest BCUT2D eigenvalue weighted by Gasteiger charge is -2.08. The third-order valence-corrected chi connectivity index (χ3v) is 1.98. The van der Waals surface area contributed by atoms with Crippen LogP contribution in [0.5, 0.6) is 0 Å². The van der Waals surface area contributed by atoms with Crippen molar-refractivity contribution in [2.75, 3.05) is 0 Å². The summed E-state index contributed by atoms with van der Waals surface area (Å²) in [6.07, 6.45) is 1.11. The standard InChI is InChI=1S/C5H7F3O3S/c1-3-4(2)11-12(9,10)5(6,7)8/h3H,1-2H3/b4-3-. The van der Waals surface area contributed by atoms with Gasteiger partial charge in [0.15, 0.2) is 0 Å². The first kappa shape index (κ1) is 11.3. The molecule has 0 aliphatic rings. The summed E-state index contributed by atoms with van der Waals surface area (Å²) in [5.74, 6) is -0.313. The molecule has 0 radical (unpaired) electrons. The van der Waals surface area contributed by atoms with Crippen molar-refractivity contribution in [2.45, 2.75) is 19.4 Å². The van der Waals surface area contributed by atoms with Crippen LogP contribution in [0.1, 0.15) is 13.8 Å². The summed E-state index contributed by atoms with van der Waals surface area (Å²) in [7, 11) is -5.48. The third-order valence-electron chi connectivity index (χ3n) is 0.931. The molecule has 0 aromatic carbocycles. The van der Waals surface area contributed by atoms with Crippen LogP contribution in [-0.4, -0.2) is 13.9 Å². The van der Waals surface area contributed by atoms with Crippen molar-refractivity contribution in [3.63, 3.8) is 0 Å². The zero-order valence-electron chi connectivity index (χ0n) is 6.34. The zero-order valence-corrected chi connectivity index (χ0v) is 7.16. The summed E-state index contributed by atoms with van der Waals surface area (Å²) in [4.78, 5) is 0. The summed E-state index contributed by atoms with van der Waals surface area (Å²) < 4.78 is 58.9. The minimum absolute atomic E-state index is 0.313. The zero-order chi connectivity index (χ0) is 9.99. The molecule has 0 bridgehead atoms. The van der Waals surface area contributed by atoms with E-state index >= 15 is 0 Å². The lowest BCUT2D eigenvalue weighted by Crippen LogP contribution is -2.24. The van der Waals surface area contributed by atoms with Crippen LogP contribution in [0.3, 0.4) is 0 Å². The predicted molar refractivity (Wildman–Crippen MR) is 35.5 cm³/mol. The fraction of sp³-hybridized carbons (Fsp3) is 0.600. The van der Waals surface area contributed by atoms with Gasteiger partial charge in [-0.25, -0.2) is 0 Å². The highest BCUT2D eigenvalue weighted by molar-refractivity contribution is 7.87. The van der Waals surface area contributed by atoms with Gasteiger partial charge in [-0.05, 0) is 19.9 Å². The lowest BCUT2D eigenvalue weighted by atomic mass is 10.5. The van der Waals surface area contributed by atoms with Crippen LogP contribution in [-0.2, 0) is 14.3 Å². The fourth-order valence-electron chi connectivity index (χ4n) is 0.268. The van der Waals surface area contributed by atoms with Crippen LogP contribution in [0, 0.1) is 0 Å². The molecule has 3 nitrogen and oxygen atoms in total. The van der Waals surface area contributed by atoms with E-state index in [1.54, 1.807) is 0 Å². The van der Waals surface area contributed by atoms with Gasteiger partial charge in [-0.1, -0.05) is 0 Å². The topological polar surface area (TPSA) is 43.4 Å². The average molecular weight is 204 g/mol. The molecule has 0 saturated heterocycles. The molecule has 7 heteroatoms. The van der Waals surface area contributed by atoms with E-state index in [2.05, 4.69) is 4.18 Å². The Bertz CT molecular complexity index is 275. The molecule has 0 heterocycles. The summed E-state index contributed by atoms with van der Waals surface area (Å²) >= 11 is 0. The van der Waals surface area contributed by atoms with Crippen molar-refractivity contribution in [1.82, 2.24) is 0 Å². The number of alkyl halides is 3. The van der Waals surface area contributed by atoms with Crippen LogP contribution in [0.4, 0.5) is 13.2 Å². The van der Waals surface area contributed by atoms with Crippen molar-refractivity contribution in [1.29, 1.82) is 0 Å². The molecule has 0 spiro atoms. The Morgan fingerprint density at radius 3 is 2.08 bits per heavy atom. The van der Waals surface area contributed by atoms with Crippen LogP contribution >= 0.6 is 0 Å². The minimum Gasteiger partial charge on any atom is -0.381 e. The summed E-state index contributed by atoms with van der Waals surface area (Å²) in [5, 5.41) is 0. The normalized spacial score (nSPS) is 14.6. The van der Waals surface area contributed by atoms with E-state index in [1.807, 2.05) is 0 Å². The van der Waals surface area contributed by atoms with Gasteiger partial charge in [-0.3, -0.25) is 0 Å². The smallest absolute Gasteiger partial charge is 0.381 e. The highest BCUT2D eigenvalue weighted by Crippen LogP contribution is 2.26. The molecule has 0 atom stereocenters. The monoisotopic (exact) mass is 204 g/mol.